The van der Waals surface area contributed by atoms with Gasteiger partial charge in [-0.2, -0.15) is 0 Å². The van der Waals surface area contributed by atoms with Crippen LogP contribution in [0.25, 0.3) is 0 Å². The van der Waals surface area contributed by atoms with Gasteiger partial charge in [0.25, 0.3) is 0 Å². The quantitative estimate of drug-likeness (QED) is 0.752. The molecule has 1 aliphatic rings. The lowest BCUT2D eigenvalue weighted by Gasteiger charge is -2.43. The SMILES string of the molecule is CCCNC(C)(CC(C)N1CCC(C)CC1C)C(N)=O. The van der Waals surface area contributed by atoms with Crippen molar-refractivity contribution >= 4 is 5.91 Å². The van der Waals surface area contributed by atoms with Crippen LogP contribution in [0.1, 0.15) is 60.3 Å². The predicted octanol–water partition coefficient (Wildman–Crippen LogP) is 2.13. The number of nitrogens with zero attached hydrogens (tertiary/aromatic N) is 1. The molecule has 1 aliphatic heterocycles. The van der Waals surface area contributed by atoms with Crippen molar-refractivity contribution in [3.8, 4) is 0 Å². The van der Waals surface area contributed by atoms with Gasteiger partial charge in [-0.3, -0.25) is 9.69 Å². The van der Waals surface area contributed by atoms with E-state index in [0.717, 1.165) is 31.8 Å². The first kappa shape index (κ1) is 17.4. The average molecular weight is 283 g/mol. The summed E-state index contributed by atoms with van der Waals surface area (Å²) in [4.78, 5) is 14.4. The van der Waals surface area contributed by atoms with Crippen LogP contribution in [0.2, 0.25) is 0 Å². The standard InChI is InChI=1S/C16H33N3O/c1-6-8-18-16(5,15(17)20)11-14(4)19-9-7-12(2)10-13(19)3/h12-14,18H,6-11H2,1-5H3,(H2,17,20). The number of likely N-dealkylation sites (tertiary alicyclic amines) is 1. The maximum atomic E-state index is 11.8. The fraction of sp³-hybridized carbons (Fsp3) is 0.938. The van der Waals surface area contributed by atoms with E-state index in [0.29, 0.717) is 12.1 Å². The van der Waals surface area contributed by atoms with Crippen LogP contribution >= 0.6 is 0 Å². The summed E-state index contributed by atoms with van der Waals surface area (Å²) in [7, 11) is 0. The summed E-state index contributed by atoms with van der Waals surface area (Å²) in [6, 6.07) is 0.969. The molecule has 4 nitrogen and oxygen atoms in total. The summed E-state index contributed by atoms with van der Waals surface area (Å²) in [6.07, 6.45) is 4.29. The lowest BCUT2D eigenvalue weighted by atomic mass is 9.87. The van der Waals surface area contributed by atoms with Crippen LogP contribution in [0, 0.1) is 5.92 Å². The number of primary amides is 1. The van der Waals surface area contributed by atoms with Gasteiger partial charge in [0.15, 0.2) is 0 Å². The van der Waals surface area contributed by atoms with Crippen LogP contribution in [-0.4, -0.2) is 41.5 Å². The van der Waals surface area contributed by atoms with E-state index in [1.165, 1.54) is 12.8 Å². The molecule has 3 N–H and O–H groups in total. The highest BCUT2D eigenvalue weighted by Gasteiger charge is 2.35. The van der Waals surface area contributed by atoms with Crippen molar-refractivity contribution in [2.75, 3.05) is 13.1 Å². The number of hydrogen-bond acceptors (Lipinski definition) is 3. The second-order valence-corrected chi connectivity index (χ2v) is 6.89. The zero-order chi connectivity index (χ0) is 15.3. The molecule has 1 saturated heterocycles. The minimum absolute atomic E-state index is 0.240. The van der Waals surface area contributed by atoms with Crippen molar-refractivity contribution in [3.63, 3.8) is 0 Å². The number of piperidine rings is 1. The Morgan fingerprint density at radius 3 is 2.65 bits per heavy atom. The van der Waals surface area contributed by atoms with Crippen molar-refractivity contribution in [2.24, 2.45) is 11.7 Å². The van der Waals surface area contributed by atoms with E-state index < -0.39 is 5.54 Å². The van der Waals surface area contributed by atoms with Gasteiger partial charge in [0.1, 0.15) is 0 Å². The number of carbonyl (C=O) groups excluding carboxylic acids is 1. The minimum Gasteiger partial charge on any atom is -0.368 e. The molecular formula is C16H33N3O. The molecule has 1 rings (SSSR count). The molecule has 0 bridgehead atoms. The number of amides is 1. The molecule has 118 valence electrons. The van der Waals surface area contributed by atoms with E-state index in [4.69, 9.17) is 5.73 Å². The summed E-state index contributed by atoms with van der Waals surface area (Å²) >= 11 is 0. The fourth-order valence-corrected chi connectivity index (χ4v) is 3.45. The van der Waals surface area contributed by atoms with Crippen molar-refractivity contribution in [1.82, 2.24) is 10.2 Å². The zero-order valence-corrected chi connectivity index (χ0v) is 13.9. The second-order valence-electron chi connectivity index (χ2n) is 6.89. The molecule has 0 aromatic carbocycles. The van der Waals surface area contributed by atoms with Gasteiger partial charge in [-0.25, -0.2) is 0 Å². The highest BCUT2D eigenvalue weighted by molar-refractivity contribution is 5.84. The third-order valence-corrected chi connectivity index (χ3v) is 4.77. The van der Waals surface area contributed by atoms with E-state index in [9.17, 15) is 4.79 Å². The van der Waals surface area contributed by atoms with Crippen LogP contribution in [0.4, 0.5) is 0 Å². The van der Waals surface area contributed by atoms with Gasteiger partial charge < -0.3 is 11.1 Å². The van der Waals surface area contributed by atoms with Gasteiger partial charge in [0, 0.05) is 12.1 Å². The molecule has 0 aliphatic carbocycles. The lowest BCUT2D eigenvalue weighted by molar-refractivity contribution is -0.124. The first-order valence-corrected chi connectivity index (χ1v) is 8.10. The highest BCUT2D eigenvalue weighted by Crippen LogP contribution is 2.27. The van der Waals surface area contributed by atoms with Crippen molar-refractivity contribution < 1.29 is 4.79 Å². The van der Waals surface area contributed by atoms with Crippen molar-refractivity contribution in [3.05, 3.63) is 0 Å². The first-order chi connectivity index (χ1) is 9.30. The predicted molar refractivity (Wildman–Crippen MR) is 84.5 cm³/mol. The Morgan fingerprint density at radius 2 is 2.15 bits per heavy atom. The van der Waals surface area contributed by atoms with Crippen molar-refractivity contribution in [2.45, 2.75) is 77.9 Å². The molecule has 0 spiro atoms. The normalized spacial score (nSPS) is 28.9. The molecule has 1 fully saturated rings. The summed E-state index contributed by atoms with van der Waals surface area (Å²) in [5, 5.41) is 3.34. The topological polar surface area (TPSA) is 58.4 Å². The molecule has 4 atom stereocenters. The maximum Gasteiger partial charge on any atom is 0.237 e. The Morgan fingerprint density at radius 1 is 1.50 bits per heavy atom. The van der Waals surface area contributed by atoms with Crippen LogP contribution in [0.3, 0.4) is 0 Å². The van der Waals surface area contributed by atoms with E-state index in [2.05, 4.69) is 37.9 Å². The third kappa shape index (κ3) is 4.45. The van der Waals surface area contributed by atoms with Gasteiger partial charge in [0.05, 0.1) is 5.54 Å². The molecule has 4 heteroatoms. The molecule has 0 saturated carbocycles. The Bertz CT molecular complexity index is 321. The number of nitrogens with two attached hydrogens (primary N) is 1. The van der Waals surface area contributed by atoms with Crippen LogP contribution in [0.5, 0.6) is 0 Å². The third-order valence-electron chi connectivity index (χ3n) is 4.77. The van der Waals surface area contributed by atoms with Gasteiger partial charge in [-0.05, 0) is 65.5 Å². The molecular weight excluding hydrogens is 250 g/mol. The van der Waals surface area contributed by atoms with Gasteiger partial charge >= 0.3 is 0 Å². The number of hydrogen-bond donors (Lipinski definition) is 2. The van der Waals surface area contributed by atoms with E-state index in [1.54, 1.807) is 0 Å². The molecule has 0 aromatic heterocycles. The number of rotatable bonds is 7. The zero-order valence-electron chi connectivity index (χ0n) is 13.9. The largest absolute Gasteiger partial charge is 0.368 e. The lowest BCUT2D eigenvalue weighted by Crippen LogP contribution is -2.57. The van der Waals surface area contributed by atoms with Crippen molar-refractivity contribution in [1.29, 1.82) is 0 Å². The second kappa shape index (κ2) is 7.41. The Labute approximate surface area is 124 Å². The van der Waals surface area contributed by atoms with E-state index >= 15 is 0 Å². The summed E-state index contributed by atoms with van der Waals surface area (Å²) < 4.78 is 0. The van der Waals surface area contributed by atoms with Crippen LogP contribution in [-0.2, 0) is 4.79 Å². The smallest absolute Gasteiger partial charge is 0.237 e. The Hall–Kier alpha value is -0.610. The number of nitrogens with one attached hydrogen (secondary N) is 1. The van der Waals surface area contributed by atoms with Gasteiger partial charge in [-0.15, -0.1) is 0 Å². The van der Waals surface area contributed by atoms with Crippen LogP contribution in [0.15, 0.2) is 0 Å². The first-order valence-electron chi connectivity index (χ1n) is 8.10. The monoisotopic (exact) mass is 283 g/mol. The molecule has 4 unspecified atom stereocenters. The number of carbonyl (C=O) groups is 1. The Balaban J connectivity index is 2.65. The van der Waals surface area contributed by atoms with Gasteiger partial charge in [-0.1, -0.05) is 13.8 Å². The van der Waals surface area contributed by atoms with E-state index in [1.807, 2.05) is 6.92 Å². The molecule has 20 heavy (non-hydrogen) atoms. The fourth-order valence-electron chi connectivity index (χ4n) is 3.45. The molecule has 0 radical (unpaired) electrons. The Kier molecular flexibility index (Phi) is 6.46. The highest BCUT2D eigenvalue weighted by atomic mass is 16.1. The summed E-state index contributed by atoms with van der Waals surface area (Å²) in [6.45, 7) is 12.9. The molecule has 0 aromatic rings. The average Bonchev–Trinajstić information content (AvgIpc) is 2.35. The molecule has 1 amide bonds. The summed E-state index contributed by atoms with van der Waals surface area (Å²) in [5.41, 5.74) is 5.03. The van der Waals surface area contributed by atoms with Gasteiger partial charge in [0.2, 0.25) is 5.91 Å². The van der Waals surface area contributed by atoms with E-state index in [-0.39, 0.29) is 5.91 Å². The summed E-state index contributed by atoms with van der Waals surface area (Å²) in [5.74, 6) is 0.574. The minimum atomic E-state index is -0.599. The van der Waals surface area contributed by atoms with Crippen LogP contribution < -0.4 is 11.1 Å². The maximum absolute atomic E-state index is 11.8. The molecule has 1 heterocycles.